The Kier molecular flexibility index (Phi) is 4.61. The second-order valence-electron chi connectivity index (χ2n) is 5.35. The molecular formula is C13H22N4O3. The number of aromatic nitrogens is 2. The molecule has 1 atom stereocenters. The molecule has 112 valence electrons. The lowest BCUT2D eigenvalue weighted by Crippen LogP contribution is -2.48. The highest BCUT2D eigenvalue weighted by Crippen LogP contribution is 2.19. The molecule has 7 heteroatoms. The van der Waals surface area contributed by atoms with E-state index in [1.165, 1.54) is 0 Å². The van der Waals surface area contributed by atoms with Gasteiger partial charge in [-0.2, -0.15) is 5.10 Å². The molecule has 1 aliphatic heterocycles. The van der Waals surface area contributed by atoms with E-state index in [4.69, 9.17) is 15.2 Å². The molecule has 0 aromatic carbocycles. The van der Waals surface area contributed by atoms with Crippen LogP contribution in [0.3, 0.4) is 0 Å². The predicted octanol–water partition coefficient (Wildman–Crippen LogP) is -0.139. The first-order valence-electron chi connectivity index (χ1n) is 6.81. The van der Waals surface area contributed by atoms with Crippen molar-refractivity contribution in [3.63, 3.8) is 0 Å². The smallest absolute Gasteiger partial charge is 0.247 e. The molecule has 1 amide bonds. The maximum atomic E-state index is 12.4. The van der Waals surface area contributed by atoms with Crippen molar-refractivity contribution >= 4 is 5.91 Å². The molecule has 2 rings (SSSR count). The summed E-state index contributed by atoms with van der Waals surface area (Å²) in [7, 11) is 0. The molecule has 1 saturated heterocycles. The van der Waals surface area contributed by atoms with Gasteiger partial charge in [0.15, 0.2) is 5.75 Å². The maximum absolute atomic E-state index is 12.4. The van der Waals surface area contributed by atoms with E-state index in [0.717, 1.165) is 6.42 Å². The summed E-state index contributed by atoms with van der Waals surface area (Å²) in [6.07, 6.45) is 4.15. The summed E-state index contributed by atoms with van der Waals surface area (Å²) < 4.78 is 12.2. The number of ether oxygens (including phenoxy) is 2. The zero-order valence-electron chi connectivity index (χ0n) is 12.0. The Morgan fingerprint density at radius 3 is 3.15 bits per heavy atom. The van der Waals surface area contributed by atoms with Crippen LogP contribution in [0.4, 0.5) is 0 Å². The normalized spacial score (nSPS) is 19.1. The Morgan fingerprint density at radius 2 is 2.50 bits per heavy atom. The first-order valence-corrected chi connectivity index (χ1v) is 6.81. The Morgan fingerprint density at radius 1 is 1.70 bits per heavy atom. The van der Waals surface area contributed by atoms with Crippen molar-refractivity contribution in [3.8, 4) is 5.75 Å². The van der Waals surface area contributed by atoms with E-state index in [0.29, 0.717) is 32.1 Å². The van der Waals surface area contributed by atoms with Crippen molar-refractivity contribution < 1.29 is 14.3 Å². The number of nitrogens with two attached hydrogens (primary N) is 1. The Bertz CT molecular complexity index is 452. The van der Waals surface area contributed by atoms with Crippen LogP contribution >= 0.6 is 0 Å². The third kappa shape index (κ3) is 3.29. The SMILES string of the molecule is CC(C)(C(=O)NC1CCOC1)n1cc(OCCN)cn1. The van der Waals surface area contributed by atoms with Crippen molar-refractivity contribution in [1.82, 2.24) is 15.1 Å². The van der Waals surface area contributed by atoms with Gasteiger partial charge in [0, 0.05) is 13.2 Å². The highest BCUT2D eigenvalue weighted by molar-refractivity contribution is 5.83. The van der Waals surface area contributed by atoms with Gasteiger partial charge < -0.3 is 20.5 Å². The summed E-state index contributed by atoms with van der Waals surface area (Å²) in [4.78, 5) is 12.4. The number of hydrogen-bond acceptors (Lipinski definition) is 5. The summed E-state index contributed by atoms with van der Waals surface area (Å²) in [5.74, 6) is 0.530. The van der Waals surface area contributed by atoms with Gasteiger partial charge in [-0.3, -0.25) is 9.48 Å². The van der Waals surface area contributed by atoms with Crippen molar-refractivity contribution in [2.45, 2.75) is 31.8 Å². The fraction of sp³-hybridized carbons (Fsp3) is 0.692. The Labute approximate surface area is 118 Å². The van der Waals surface area contributed by atoms with E-state index in [1.54, 1.807) is 17.1 Å². The third-order valence-corrected chi connectivity index (χ3v) is 3.34. The van der Waals surface area contributed by atoms with Gasteiger partial charge in [0.25, 0.3) is 0 Å². The van der Waals surface area contributed by atoms with Crippen LogP contribution in [0.2, 0.25) is 0 Å². The molecule has 7 nitrogen and oxygen atoms in total. The van der Waals surface area contributed by atoms with E-state index >= 15 is 0 Å². The van der Waals surface area contributed by atoms with Crippen LogP contribution in [-0.4, -0.2) is 48.1 Å². The van der Waals surface area contributed by atoms with Gasteiger partial charge in [-0.15, -0.1) is 0 Å². The fourth-order valence-corrected chi connectivity index (χ4v) is 1.98. The van der Waals surface area contributed by atoms with Crippen molar-refractivity contribution in [1.29, 1.82) is 0 Å². The number of amides is 1. The van der Waals surface area contributed by atoms with E-state index in [9.17, 15) is 4.79 Å². The molecule has 0 bridgehead atoms. The lowest BCUT2D eigenvalue weighted by molar-refractivity contribution is -0.129. The van der Waals surface area contributed by atoms with Crippen LogP contribution in [0.25, 0.3) is 0 Å². The molecule has 1 aliphatic rings. The highest BCUT2D eigenvalue weighted by Gasteiger charge is 2.33. The van der Waals surface area contributed by atoms with E-state index in [1.807, 2.05) is 13.8 Å². The van der Waals surface area contributed by atoms with Crippen LogP contribution < -0.4 is 15.8 Å². The summed E-state index contributed by atoms with van der Waals surface area (Å²) in [6.45, 7) is 5.78. The van der Waals surface area contributed by atoms with Crippen LogP contribution in [-0.2, 0) is 15.1 Å². The quantitative estimate of drug-likeness (QED) is 0.758. The van der Waals surface area contributed by atoms with Gasteiger partial charge in [-0.1, -0.05) is 0 Å². The van der Waals surface area contributed by atoms with Crippen LogP contribution in [0.1, 0.15) is 20.3 Å². The average Bonchev–Trinajstić information content (AvgIpc) is 3.07. The number of hydrogen-bond donors (Lipinski definition) is 2. The molecular weight excluding hydrogens is 260 g/mol. The molecule has 0 saturated carbocycles. The maximum Gasteiger partial charge on any atom is 0.247 e. The lowest BCUT2D eigenvalue weighted by Gasteiger charge is -2.25. The molecule has 1 aromatic rings. The van der Waals surface area contributed by atoms with Crippen molar-refractivity contribution in [2.75, 3.05) is 26.4 Å². The lowest BCUT2D eigenvalue weighted by atomic mass is 10.0. The van der Waals surface area contributed by atoms with Crippen LogP contribution in [0.5, 0.6) is 5.75 Å². The number of rotatable bonds is 6. The first-order chi connectivity index (χ1) is 9.54. The van der Waals surface area contributed by atoms with Gasteiger partial charge in [-0.25, -0.2) is 0 Å². The Hall–Kier alpha value is -1.60. The third-order valence-electron chi connectivity index (χ3n) is 3.34. The van der Waals surface area contributed by atoms with Crippen LogP contribution in [0.15, 0.2) is 12.4 Å². The van der Waals surface area contributed by atoms with Gasteiger partial charge in [-0.05, 0) is 20.3 Å². The predicted molar refractivity (Wildman–Crippen MR) is 73.5 cm³/mol. The second kappa shape index (κ2) is 6.23. The number of carbonyl (C=O) groups excluding carboxylic acids is 1. The fourth-order valence-electron chi connectivity index (χ4n) is 1.98. The van der Waals surface area contributed by atoms with Gasteiger partial charge in [0.05, 0.1) is 25.0 Å². The van der Waals surface area contributed by atoms with Gasteiger partial charge in [0.2, 0.25) is 5.91 Å². The molecule has 0 spiro atoms. The topological polar surface area (TPSA) is 91.4 Å². The van der Waals surface area contributed by atoms with Crippen LogP contribution in [0, 0.1) is 0 Å². The minimum absolute atomic E-state index is 0.0820. The number of carbonyl (C=O) groups is 1. The molecule has 1 unspecified atom stereocenters. The van der Waals surface area contributed by atoms with E-state index in [2.05, 4.69) is 10.4 Å². The van der Waals surface area contributed by atoms with Crippen molar-refractivity contribution in [3.05, 3.63) is 12.4 Å². The van der Waals surface area contributed by atoms with E-state index in [-0.39, 0.29) is 11.9 Å². The summed E-state index contributed by atoms with van der Waals surface area (Å²) in [5, 5.41) is 7.18. The molecule has 3 N–H and O–H groups in total. The second-order valence-corrected chi connectivity index (χ2v) is 5.35. The van der Waals surface area contributed by atoms with Gasteiger partial charge in [0.1, 0.15) is 12.1 Å². The Balaban J connectivity index is 2.00. The average molecular weight is 282 g/mol. The first kappa shape index (κ1) is 14.8. The summed E-state index contributed by atoms with van der Waals surface area (Å²) in [5.41, 5.74) is 4.60. The molecule has 1 aromatic heterocycles. The largest absolute Gasteiger partial charge is 0.489 e. The molecule has 1 fully saturated rings. The standard InChI is InChI=1S/C13H22N4O3/c1-13(2,12(18)16-10-3-5-19-9-10)17-8-11(7-15-17)20-6-4-14/h7-8,10H,3-6,9,14H2,1-2H3,(H,16,18). The van der Waals surface area contributed by atoms with Gasteiger partial charge >= 0.3 is 0 Å². The molecule has 20 heavy (non-hydrogen) atoms. The summed E-state index contributed by atoms with van der Waals surface area (Å²) >= 11 is 0. The minimum Gasteiger partial charge on any atom is -0.489 e. The zero-order chi connectivity index (χ0) is 14.6. The number of nitrogens with zero attached hydrogens (tertiary/aromatic N) is 2. The van der Waals surface area contributed by atoms with Crippen molar-refractivity contribution in [2.24, 2.45) is 5.73 Å². The monoisotopic (exact) mass is 282 g/mol. The summed E-state index contributed by atoms with van der Waals surface area (Å²) in [6, 6.07) is 0.0882. The molecule has 0 radical (unpaired) electrons. The molecule has 2 heterocycles. The number of nitrogens with one attached hydrogen (secondary N) is 1. The zero-order valence-corrected chi connectivity index (χ0v) is 12.0. The van der Waals surface area contributed by atoms with E-state index < -0.39 is 5.54 Å². The minimum atomic E-state index is -0.785. The highest BCUT2D eigenvalue weighted by atomic mass is 16.5. The molecule has 0 aliphatic carbocycles.